The number of carbonyl (C=O) groups is 1. The van der Waals surface area contributed by atoms with E-state index in [-0.39, 0.29) is 11.3 Å². The van der Waals surface area contributed by atoms with Crippen LogP contribution < -0.4 is 5.32 Å². The van der Waals surface area contributed by atoms with E-state index in [1.807, 2.05) is 12.1 Å². The molecule has 1 fully saturated rings. The summed E-state index contributed by atoms with van der Waals surface area (Å²) in [5.41, 5.74) is 2.70. The highest BCUT2D eigenvalue weighted by molar-refractivity contribution is 5.94. The van der Waals surface area contributed by atoms with E-state index in [0.29, 0.717) is 25.3 Å². The van der Waals surface area contributed by atoms with Crippen molar-refractivity contribution in [3.8, 4) is 0 Å². The third-order valence-corrected chi connectivity index (χ3v) is 4.84. The maximum absolute atomic E-state index is 13.3. The molecule has 1 heterocycles. The molecule has 1 amide bonds. The van der Waals surface area contributed by atoms with Crippen molar-refractivity contribution in [2.45, 2.75) is 25.2 Å². The van der Waals surface area contributed by atoms with Crippen molar-refractivity contribution in [1.29, 1.82) is 0 Å². The van der Waals surface area contributed by atoms with Gasteiger partial charge in [0.2, 0.25) is 0 Å². The Kier molecular flexibility index (Phi) is 4.95. The highest BCUT2D eigenvalue weighted by Gasteiger charge is 2.35. The van der Waals surface area contributed by atoms with E-state index in [1.54, 1.807) is 12.1 Å². The maximum atomic E-state index is 13.3. The Labute approximate surface area is 141 Å². The molecule has 2 aromatic rings. The van der Waals surface area contributed by atoms with Gasteiger partial charge in [-0.15, -0.1) is 0 Å². The third-order valence-electron chi connectivity index (χ3n) is 4.84. The van der Waals surface area contributed by atoms with Gasteiger partial charge in [0.25, 0.3) is 5.91 Å². The summed E-state index contributed by atoms with van der Waals surface area (Å²) >= 11 is 0. The topological polar surface area (TPSA) is 38.3 Å². The first-order valence-corrected chi connectivity index (χ1v) is 8.28. The minimum absolute atomic E-state index is 0.132. The normalized spacial score (nSPS) is 16.6. The molecule has 2 aromatic carbocycles. The average molecular weight is 327 g/mol. The fourth-order valence-corrected chi connectivity index (χ4v) is 3.45. The number of aryl methyl sites for hydroxylation is 1. The second-order valence-electron chi connectivity index (χ2n) is 6.40. The summed E-state index contributed by atoms with van der Waals surface area (Å²) in [5, 5.41) is 3.00. The Bertz CT molecular complexity index is 723. The van der Waals surface area contributed by atoms with Crippen LogP contribution in [0.25, 0.3) is 0 Å². The molecule has 0 atom stereocenters. The van der Waals surface area contributed by atoms with Crippen LogP contribution >= 0.6 is 0 Å². The molecule has 0 aromatic heterocycles. The van der Waals surface area contributed by atoms with Crippen LogP contribution in [0.1, 0.15) is 34.3 Å². The molecule has 0 saturated carbocycles. The Morgan fingerprint density at radius 2 is 1.92 bits per heavy atom. The van der Waals surface area contributed by atoms with Gasteiger partial charge < -0.3 is 10.1 Å². The molecular weight excluding hydrogens is 305 g/mol. The average Bonchev–Trinajstić information content (AvgIpc) is 2.61. The van der Waals surface area contributed by atoms with Gasteiger partial charge in [-0.3, -0.25) is 4.79 Å². The van der Waals surface area contributed by atoms with Crippen LogP contribution in [0.5, 0.6) is 0 Å². The summed E-state index contributed by atoms with van der Waals surface area (Å²) in [7, 11) is 0. The fraction of sp³-hybridized carbons (Fsp3) is 0.350. The number of rotatable bonds is 4. The van der Waals surface area contributed by atoms with E-state index in [4.69, 9.17) is 4.74 Å². The van der Waals surface area contributed by atoms with Gasteiger partial charge in [0.15, 0.2) is 0 Å². The van der Waals surface area contributed by atoms with Gasteiger partial charge in [0.05, 0.1) is 0 Å². The maximum Gasteiger partial charge on any atom is 0.251 e. The monoisotopic (exact) mass is 327 g/mol. The second kappa shape index (κ2) is 7.14. The van der Waals surface area contributed by atoms with Gasteiger partial charge in [-0.2, -0.15) is 0 Å². The Balaban J connectivity index is 1.81. The van der Waals surface area contributed by atoms with Gasteiger partial charge in [0, 0.05) is 30.7 Å². The predicted octanol–water partition coefficient (Wildman–Crippen LogP) is 3.61. The second-order valence-corrected chi connectivity index (χ2v) is 6.40. The zero-order chi connectivity index (χ0) is 17.0. The smallest absolute Gasteiger partial charge is 0.251 e. The number of carbonyl (C=O) groups excluding carboxylic acids is 1. The summed E-state index contributed by atoms with van der Waals surface area (Å²) in [4.78, 5) is 12.4. The van der Waals surface area contributed by atoms with Gasteiger partial charge in [0.1, 0.15) is 5.82 Å². The lowest BCUT2D eigenvalue weighted by Crippen LogP contribution is -2.45. The number of hydrogen-bond donors (Lipinski definition) is 1. The standard InChI is InChI=1S/C20H22FNO2/c1-15-5-2-3-8-18(15)20(9-11-24-12-10-20)14-22-19(23)16-6-4-7-17(21)13-16/h2-8,13H,9-12,14H2,1H3,(H,22,23). The Morgan fingerprint density at radius 1 is 1.17 bits per heavy atom. The lowest BCUT2D eigenvalue weighted by atomic mass is 9.72. The van der Waals surface area contributed by atoms with Crippen LogP contribution in [-0.4, -0.2) is 25.7 Å². The molecule has 126 valence electrons. The Morgan fingerprint density at radius 3 is 2.62 bits per heavy atom. The summed E-state index contributed by atoms with van der Waals surface area (Å²) in [6, 6.07) is 14.1. The highest BCUT2D eigenvalue weighted by Crippen LogP contribution is 2.36. The number of ether oxygens (including phenoxy) is 1. The van der Waals surface area contributed by atoms with Crippen LogP contribution in [-0.2, 0) is 10.2 Å². The molecule has 0 aliphatic carbocycles. The molecule has 0 radical (unpaired) electrons. The molecular formula is C20H22FNO2. The van der Waals surface area contributed by atoms with Crippen LogP contribution in [0.15, 0.2) is 48.5 Å². The summed E-state index contributed by atoms with van der Waals surface area (Å²) in [6.45, 7) is 3.99. The molecule has 4 heteroatoms. The molecule has 1 saturated heterocycles. The summed E-state index contributed by atoms with van der Waals surface area (Å²) in [6.07, 6.45) is 1.72. The lowest BCUT2D eigenvalue weighted by molar-refractivity contribution is 0.0485. The van der Waals surface area contributed by atoms with E-state index >= 15 is 0 Å². The first kappa shape index (κ1) is 16.7. The van der Waals surface area contributed by atoms with Crippen LogP contribution in [0, 0.1) is 12.7 Å². The zero-order valence-electron chi connectivity index (χ0n) is 13.8. The van der Waals surface area contributed by atoms with E-state index < -0.39 is 5.82 Å². The Hall–Kier alpha value is -2.20. The zero-order valence-corrected chi connectivity index (χ0v) is 13.8. The first-order chi connectivity index (χ1) is 11.6. The van der Waals surface area contributed by atoms with Crippen LogP contribution in [0.2, 0.25) is 0 Å². The minimum Gasteiger partial charge on any atom is -0.381 e. The molecule has 0 spiro atoms. The van der Waals surface area contributed by atoms with E-state index in [1.165, 1.54) is 23.3 Å². The molecule has 0 unspecified atom stereocenters. The molecule has 1 aliphatic rings. The van der Waals surface area contributed by atoms with Crippen molar-refractivity contribution in [1.82, 2.24) is 5.32 Å². The largest absolute Gasteiger partial charge is 0.381 e. The van der Waals surface area contributed by atoms with Crippen LogP contribution in [0.3, 0.4) is 0 Å². The summed E-state index contributed by atoms with van der Waals surface area (Å²) < 4.78 is 18.9. The molecule has 24 heavy (non-hydrogen) atoms. The quantitative estimate of drug-likeness (QED) is 0.931. The highest BCUT2D eigenvalue weighted by atomic mass is 19.1. The van der Waals surface area contributed by atoms with E-state index in [2.05, 4.69) is 24.4 Å². The fourth-order valence-electron chi connectivity index (χ4n) is 3.45. The predicted molar refractivity (Wildman–Crippen MR) is 91.6 cm³/mol. The molecule has 3 rings (SSSR count). The van der Waals surface area contributed by atoms with Gasteiger partial charge in [-0.1, -0.05) is 30.3 Å². The van der Waals surface area contributed by atoms with Crippen molar-refractivity contribution < 1.29 is 13.9 Å². The third kappa shape index (κ3) is 3.49. The number of halogens is 1. The van der Waals surface area contributed by atoms with E-state index in [9.17, 15) is 9.18 Å². The van der Waals surface area contributed by atoms with Gasteiger partial charge in [-0.05, 0) is 49.1 Å². The summed E-state index contributed by atoms with van der Waals surface area (Å²) in [5.74, 6) is -0.642. The molecule has 3 nitrogen and oxygen atoms in total. The van der Waals surface area contributed by atoms with Crippen LogP contribution in [0.4, 0.5) is 4.39 Å². The van der Waals surface area contributed by atoms with Crippen molar-refractivity contribution >= 4 is 5.91 Å². The SMILES string of the molecule is Cc1ccccc1C1(CNC(=O)c2cccc(F)c2)CCOCC1. The van der Waals surface area contributed by atoms with Crippen molar-refractivity contribution in [3.63, 3.8) is 0 Å². The molecule has 1 N–H and O–H groups in total. The van der Waals surface area contributed by atoms with Crippen molar-refractivity contribution in [2.75, 3.05) is 19.8 Å². The number of nitrogens with one attached hydrogen (secondary N) is 1. The first-order valence-electron chi connectivity index (χ1n) is 8.28. The van der Waals surface area contributed by atoms with Crippen molar-refractivity contribution in [2.24, 2.45) is 0 Å². The minimum atomic E-state index is -0.401. The van der Waals surface area contributed by atoms with Crippen molar-refractivity contribution in [3.05, 3.63) is 71.0 Å². The number of hydrogen-bond acceptors (Lipinski definition) is 2. The van der Waals surface area contributed by atoms with Gasteiger partial charge in [-0.25, -0.2) is 4.39 Å². The van der Waals surface area contributed by atoms with E-state index in [0.717, 1.165) is 12.8 Å². The molecule has 1 aliphatic heterocycles. The number of amides is 1. The lowest BCUT2D eigenvalue weighted by Gasteiger charge is -2.39. The molecule has 0 bridgehead atoms. The number of benzene rings is 2. The van der Waals surface area contributed by atoms with Gasteiger partial charge >= 0.3 is 0 Å².